The van der Waals surface area contributed by atoms with Gasteiger partial charge in [-0.1, -0.05) is 30.3 Å². The van der Waals surface area contributed by atoms with Gasteiger partial charge in [-0.25, -0.2) is 0 Å². The number of hydrogen-bond donors (Lipinski definition) is 2. The molecule has 0 saturated carbocycles. The van der Waals surface area contributed by atoms with E-state index in [1.165, 1.54) is 0 Å². The summed E-state index contributed by atoms with van der Waals surface area (Å²) in [7, 11) is 0. The molecule has 0 unspecified atom stereocenters. The number of piperazine rings is 1. The Kier molecular flexibility index (Phi) is 2.50. The molecule has 1 amide bonds. The predicted octanol–water partition coefficient (Wildman–Crippen LogP) is 0.836. The van der Waals surface area contributed by atoms with Crippen molar-refractivity contribution >= 4 is 5.91 Å². The molecule has 1 aromatic carbocycles. The molecule has 0 aromatic heterocycles. The van der Waals surface area contributed by atoms with Crippen LogP contribution in [-0.2, 0) is 4.79 Å². The highest BCUT2D eigenvalue weighted by Gasteiger charge is 2.24. The van der Waals surface area contributed by atoms with Crippen molar-refractivity contribution in [1.82, 2.24) is 10.6 Å². The molecular weight excluding hydrogens is 176 g/mol. The monoisotopic (exact) mass is 190 g/mol. The maximum Gasteiger partial charge on any atom is 0.237 e. The van der Waals surface area contributed by atoms with Gasteiger partial charge in [0, 0.05) is 6.54 Å². The standard InChI is InChI=1S/C11H14N2O/c1-8-11(14)13-10(7-12-8)9-5-3-2-4-6-9/h2-6,8,10,12H,7H2,1H3,(H,13,14)/t8-,10+/m1/s1. The van der Waals surface area contributed by atoms with E-state index in [-0.39, 0.29) is 18.0 Å². The lowest BCUT2D eigenvalue weighted by Gasteiger charge is -2.28. The van der Waals surface area contributed by atoms with Crippen molar-refractivity contribution in [3.05, 3.63) is 35.9 Å². The molecule has 2 rings (SSSR count). The molecule has 1 aromatic rings. The molecule has 0 bridgehead atoms. The summed E-state index contributed by atoms with van der Waals surface area (Å²) in [6, 6.07) is 10.0. The SMILES string of the molecule is C[C@H]1NC[C@@H](c2ccccc2)NC1=O. The van der Waals surface area contributed by atoms with Crippen LogP contribution >= 0.6 is 0 Å². The van der Waals surface area contributed by atoms with Gasteiger partial charge in [-0.05, 0) is 12.5 Å². The van der Waals surface area contributed by atoms with E-state index in [0.717, 1.165) is 12.1 Å². The summed E-state index contributed by atoms with van der Waals surface area (Å²) in [6.45, 7) is 2.67. The Hall–Kier alpha value is -1.35. The number of amides is 1. The Balaban J connectivity index is 2.11. The lowest BCUT2D eigenvalue weighted by Crippen LogP contribution is -2.52. The summed E-state index contributed by atoms with van der Waals surface area (Å²) in [6.07, 6.45) is 0. The molecule has 74 valence electrons. The van der Waals surface area contributed by atoms with Gasteiger partial charge in [-0.2, -0.15) is 0 Å². The van der Waals surface area contributed by atoms with Gasteiger partial charge in [0.1, 0.15) is 0 Å². The molecule has 0 aliphatic carbocycles. The van der Waals surface area contributed by atoms with E-state index in [1.54, 1.807) is 0 Å². The van der Waals surface area contributed by atoms with Crippen LogP contribution in [0.4, 0.5) is 0 Å². The minimum absolute atomic E-state index is 0.0741. The first-order chi connectivity index (χ1) is 6.77. The molecule has 14 heavy (non-hydrogen) atoms. The number of nitrogens with one attached hydrogen (secondary N) is 2. The molecule has 1 fully saturated rings. The van der Waals surface area contributed by atoms with Crippen LogP contribution in [0.15, 0.2) is 30.3 Å². The van der Waals surface area contributed by atoms with Crippen molar-refractivity contribution in [2.75, 3.05) is 6.54 Å². The van der Waals surface area contributed by atoms with Crippen LogP contribution in [-0.4, -0.2) is 18.5 Å². The quantitative estimate of drug-likeness (QED) is 0.689. The van der Waals surface area contributed by atoms with Crippen LogP contribution in [0.2, 0.25) is 0 Å². The first-order valence-electron chi connectivity index (χ1n) is 4.86. The molecule has 0 radical (unpaired) electrons. The summed E-state index contributed by atoms with van der Waals surface area (Å²) in [5.74, 6) is 0.0742. The number of hydrogen-bond acceptors (Lipinski definition) is 2. The molecule has 2 atom stereocenters. The molecule has 1 aliphatic heterocycles. The highest BCUT2D eigenvalue weighted by atomic mass is 16.2. The van der Waals surface area contributed by atoms with Gasteiger partial charge in [-0.3, -0.25) is 4.79 Å². The van der Waals surface area contributed by atoms with Crippen LogP contribution < -0.4 is 10.6 Å². The van der Waals surface area contributed by atoms with Crippen LogP contribution in [0.3, 0.4) is 0 Å². The lowest BCUT2D eigenvalue weighted by molar-refractivity contribution is -0.125. The lowest BCUT2D eigenvalue weighted by atomic mass is 10.0. The summed E-state index contributed by atoms with van der Waals surface area (Å²) < 4.78 is 0. The fraction of sp³-hybridized carbons (Fsp3) is 0.364. The Labute approximate surface area is 83.5 Å². The minimum atomic E-state index is -0.0741. The van der Waals surface area contributed by atoms with Crippen LogP contribution in [0, 0.1) is 0 Å². The molecule has 1 aliphatic rings. The highest BCUT2D eigenvalue weighted by molar-refractivity contribution is 5.82. The molecule has 1 heterocycles. The second kappa shape index (κ2) is 3.80. The van der Waals surface area contributed by atoms with Crippen LogP contribution in [0.1, 0.15) is 18.5 Å². The van der Waals surface area contributed by atoms with E-state index < -0.39 is 0 Å². The average Bonchev–Trinajstić information content (AvgIpc) is 2.23. The van der Waals surface area contributed by atoms with E-state index in [0.29, 0.717) is 0 Å². The highest BCUT2D eigenvalue weighted by Crippen LogP contribution is 2.14. The maximum atomic E-state index is 11.4. The van der Waals surface area contributed by atoms with Crippen molar-refractivity contribution in [3.63, 3.8) is 0 Å². The topological polar surface area (TPSA) is 41.1 Å². The van der Waals surface area contributed by atoms with E-state index in [2.05, 4.69) is 10.6 Å². The van der Waals surface area contributed by atoms with E-state index in [4.69, 9.17) is 0 Å². The zero-order valence-corrected chi connectivity index (χ0v) is 8.16. The van der Waals surface area contributed by atoms with Crippen molar-refractivity contribution < 1.29 is 4.79 Å². The van der Waals surface area contributed by atoms with Gasteiger partial charge in [-0.15, -0.1) is 0 Å². The maximum absolute atomic E-state index is 11.4. The second-order valence-corrected chi connectivity index (χ2v) is 3.60. The second-order valence-electron chi connectivity index (χ2n) is 3.60. The molecule has 0 spiro atoms. The van der Waals surface area contributed by atoms with Crippen molar-refractivity contribution in [3.8, 4) is 0 Å². The average molecular weight is 190 g/mol. The first kappa shape index (κ1) is 9.21. The molecule has 1 saturated heterocycles. The van der Waals surface area contributed by atoms with Crippen LogP contribution in [0.5, 0.6) is 0 Å². The fourth-order valence-corrected chi connectivity index (χ4v) is 1.62. The van der Waals surface area contributed by atoms with Crippen molar-refractivity contribution in [2.45, 2.75) is 19.0 Å². The van der Waals surface area contributed by atoms with Gasteiger partial charge in [0.25, 0.3) is 0 Å². The third-order valence-corrected chi connectivity index (χ3v) is 2.54. The van der Waals surface area contributed by atoms with E-state index in [9.17, 15) is 4.79 Å². The number of rotatable bonds is 1. The Morgan fingerprint density at radius 1 is 1.29 bits per heavy atom. The Morgan fingerprint density at radius 3 is 2.64 bits per heavy atom. The predicted molar refractivity (Wildman–Crippen MR) is 54.8 cm³/mol. The van der Waals surface area contributed by atoms with Gasteiger partial charge in [0.05, 0.1) is 12.1 Å². The summed E-state index contributed by atoms with van der Waals surface area (Å²) in [5.41, 5.74) is 1.15. The zero-order valence-electron chi connectivity index (χ0n) is 8.16. The largest absolute Gasteiger partial charge is 0.347 e. The van der Waals surface area contributed by atoms with Gasteiger partial charge in [0.15, 0.2) is 0 Å². The summed E-state index contributed by atoms with van der Waals surface area (Å²) in [5, 5.41) is 6.15. The van der Waals surface area contributed by atoms with E-state index in [1.807, 2.05) is 37.3 Å². The first-order valence-corrected chi connectivity index (χ1v) is 4.86. The van der Waals surface area contributed by atoms with E-state index >= 15 is 0 Å². The number of carbonyl (C=O) groups excluding carboxylic acids is 1. The van der Waals surface area contributed by atoms with Gasteiger partial charge in [0.2, 0.25) is 5.91 Å². The minimum Gasteiger partial charge on any atom is -0.347 e. The Bertz CT molecular complexity index is 323. The molecule has 2 N–H and O–H groups in total. The number of benzene rings is 1. The van der Waals surface area contributed by atoms with Crippen LogP contribution in [0.25, 0.3) is 0 Å². The van der Waals surface area contributed by atoms with Gasteiger partial charge >= 0.3 is 0 Å². The molecule has 3 heteroatoms. The third-order valence-electron chi connectivity index (χ3n) is 2.54. The summed E-state index contributed by atoms with van der Waals surface area (Å²) in [4.78, 5) is 11.4. The smallest absolute Gasteiger partial charge is 0.237 e. The number of carbonyl (C=O) groups is 1. The van der Waals surface area contributed by atoms with Crippen molar-refractivity contribution in [1.29, 1.82) is 0 Å². The zero-order chi connectivity index (χ0) is 9.97. The third kappa shape index (κ3) is 1.77. The molecular formula is C11H14N2O. The molecule has 3 nitrogen and oxygen atoms in total. The fourth-order valence-electron chi connectivity index (χ4n) is 1.62. The normalized spacial score (nSPS) is 27.1. The van der Waals surface area contributed by atoms with Gasteiger partial charge < -0.3 is 10.6 Å². The summed E-state index contributed by atoms with van der Waals surface area (Å²) >= 11 is 0. The van der Waals surface area contributed by atoms with Crippen molar-refractivity contribution in [2.24, 2.45) is 0 Å². The Morgan fingerprint density at radius 2 is 2.00 bits per heavy atom.